The Kier molecular flexibility index (Phi) is 4.80. The van der Waals surface area contributed by atoms with Gasteiger partial charge in [-0.1, -0.05) is 6.07 Å². The third-order valence-corrected chi connectivity index (χ3v) is 3.40. The van der Waals surface area contributed by atoms with E-state index in [0.717, 1.165) is 6.54 Å². The SMILES string of the molecule is CC(C)N(Cc1cccs1)C(C)CC#N. The highest BCUT2D eigenvalue weighted by molar-refractivity contribution is 7.09. The third-order valence-electron chi connectivity index (χ3n) is 2.53. The van der Waals surface area contributed by atoms with E-state index in [4.69, 9.17) is 5.26 Å². The molecule has 1 aromatic rings. The van der Waals surface area contributed by atoms with Crippen LogP contribution in [0.5, 0.6) is 0 Å². The molecule has 2 nitrogen and oxygen atoms in total. The molecule has 0 radical (unpaired) electrons. The van der Waals surface area contributed by atoms with E-state index >= 15 is 0 Å². The van der Waals surface area contributed by atoms with Gasteiger partial charge < -0.3 is 0 Å². The highest BCUT2D eigenvalue weighted by Gasteiger charge is 2.17. The van der Waals surface area contributed by atoms with Gasteiger partial charge in [0.2, 0.25) is 0 Å². The van der Waals surface area contributed by atoms with Crippen LogP contribution in [-0.2, 0) is 6.54 Å². The average molecular weight is 222 g/mol. The van der Waals surface area contributed by atoms with Gasteiger partial charge in [-0.25, -0.2) is 0 Å². The lowest BCUT2D eigenvalue weighted by Crippen LogP contribution is -2.37. The van der Waals surface area contributed by atoms with Crippen LogP contribution in [0.25, 0.3) is 0 Å². The summed E-state index contributed by atoms with van der Waals surface area (Å²) in [5.74, 6) is 0. The molecule has 0 aliphatic heterocycles. The number of hydrogen-bond donors (Lipinski definition) is 0. The second-order valence-corrected chi connectivity index (χ2v) is 5.09. The monoisotopic (exact) mass is 222 g/mol. The van der Waals surface area contributed by atoms with Crippen molar-refractivity contribution in [2.45, 2.75) is 45.8 Å². The minimum absolute atomic E-state index is 0.331. The lowest BCUT2D eigenvalue weighted by Gasteiger charge is -2.31. The standard InChI is InChI=1S/C12H18N2S/c1-10(2)14(11(3)6-7-13)9-12-5-4-8-15-12/h4-5,8,10-11H,6,9H2,1-3H3. The van der Waals surface area contributed by atoms with Crippen molar-refractivity contribution < 1.29 is 0 Å². The molecule has 1 aromatic heterocycles. The highest BCUT2D eigenvalue weighted by Crippen LogP contribution is 2.17. The van der Waals surface area contributed by atoms with E-state index in [1.54, 1.807) is 11.3 Å². The molecule has 0 N–H and O–H groups in total. The smallest absolute Gasteiger partial charge is 0.0638 e. The molecule has 1 atom stereocenters. The zero-order valence-corrected chi connectivity index (χ0v) is 10.4. The van der Waals surface area contributed by atoms with Gasteiger partial charge in [0.05, 0.1) is 12.5 Å². The van der Waals surface area contributed by atoms with Gasteiger partial charge in [-0.3, -0.25) is 4.90 Å². The van der Waals surface area contributed by atoms with E-state index in [9.17, 15) is 0 Å². The summed E-state index contributed by atoms with van der Waals surface area (Å²) in [6, 6.07) is 7.29. The van der Waals surface area contributed by atoms with E-state index in [2.05, 4.69) is 49.3 Å². The predicted octanol–water partition coefficient (Wildman–Crippen LogP) is 3.26. The topological polar surface area (TPSA) is 27.0 Å². The number of nitrogens with zero attached hydrogens (tertiary/aromatic N) is 2. The first-order valence-corrected chi connectivity index (χ1v) is 6.18. The van der Waals surface area contributed by atoms with Crippen LogP contribution in [0, 0.1) is 11.3 Å². The Labute approximate surface area is 96.1 Å². The highest BCUT2D eigenvalue weighted by atomic mass is 32.1. The summed E-state index contributed by atoms with van der Waals surface area (Å²) in [7, 11) is 0. The van der Waals surface area contributed by atoms with Gasteiger partial charge in [-0.2, -0.15) is 5.26 Å². The number of thiophene rings is 1. The quantitative estimate of drug-likeness (QED) is 0.764. The van der Waals surface area contributed by atoms with Crippen molar-refractivity contribution in [1.29, 1.82) is 5.26 Å². The molecule has 0 aliphatic carbocycles. The summed E-state index contributed by atoms with van der Waals surface area (Å²) in [5.41, 5.74) is 0. The lowest BCUT2D eigenvalue weighted by molar-refractivity contribution is 0.158. The molecule has 15 heavy (non-hydrogen) atoms. The van der Waals surface area contributed by atoms with Crippen LogP contribution in [0.2, 0.25) is 0 Å². The molecule has 0 saturated heterocycles. The average Bonchev–Trinajstić information content (AvgIpc) is 2.66. The minimum Gasteiger partial charge on any atom is -0.292 e. The van der Waals surface area contributed by atoms with E-state index in [1.807, 2.05) is 0 Å². The van der Waals surface area contributed by atoms with E-state index in [-0.39, 0.29) is 0 Å². The molecule has 0 amide bonds. The fourth-order valence-electron chi connectivity index (χ4n) is 1.68. The third kappa shape index (κ3) is 3.65. The maximum Gasteiger partial charge on any atom is 0.0638 e. The maximum absolute atomic E-state index is 8.72. The molecule has 1 rings (SSSR count). The molecule has 0 spiro atoms. The number of hydrogen-bond acceptors (Lipinski definition) is 3. The van der Waals surface area contributed by atoms with E-state index in [1.165, 1.54) is 4.88 Å². The molecule has 0 fully saturated rings. The maximum atomic E-state index is 8.72. The van der Waals surface area contributed by atoms with Crippen LogP contribution in [-0.4, -0.2) is 17.0 Å². The molecular weight excluding hydrogens is 204 g/mol. The Morgan fingerprint density at radius 2 is 2.20 bits per heavy atom. The van der Waals surface area contributed by atoms with Crippen LogP contribution in [0.1, 0.15) is 32.1 Å². The molecule has 3 heteroatoms. The normalized spacial score (nSPS) is 13.1. The fourth-order valence-corrected chi connectivity index (χ4v) is 2.39. The van der Waals surface area contributed by atoms with Crippen molar-refractivity contribution in [2.24, 2.45) is 0 Å². The zero-order valence-electron chi connectivity index (χ0n) is 9.60. The van der Waals surface area contributed by atoms with Crippen molar-refractivity contribution in [1.82, 2.24) is 4.90 Å². The van der Waals surface area contributed by atoms with Crippen LogP contribution in [0.15, 0.2) is 17.5 Å². The second kappa shape index (κ2) is 5.89. The Bertz CT molecular complexity index is 311. The molecule has 82 valence electrons. The van der Waals surface area contributed by atoms with Crippen molar-refractivity contribution in [3.8, 4) is 6.07 Å². The minimum atomic E-state index is 0.331. The zero-order chi connectivity index (χ0) is 11.3. The molecule has 0 saturated carbocycles. The van der Waals surface area contributed by atoms with Crippen LogP contribution < -0.4 is 0 Å². The summed E-state index contributed by atoms with van der Waals surface area (Å²) in [5, 5.41) is 10.8. The lowest BCUT2D eigenvalue weighted by atomic mass is 10.1. The van der Waals surface area contributed by atoms with Gasteiger partial charge in [-0.05, 0) is 32.2 Å². The summed E-state index contributed by atoms with van der Waals surface area (Å²) < 4.78 is 0. The van der Waals surface area contributed by atoms with Gasteiger partial charge in [-0.15, -0.1) is 11.3 Å². The van der Waals surface area contributed by atoms with Crippen molar-refractivity contribution in [2.75, 3.05) is 0 Å². The Hall–Kier alpha value is -0.850. The molecule has 0 aromatic carbocycles. The summed E-state index contributed by atoms with van der Waals surface area (Å²) in [6.07, 6.45) is 0.601. The summed E-state index contributed by atoms with van der Waals surface area (Å²) in [6.45, 7) is 7.44. The Morgan fingerprint density at radius 1 is 1.47 bits per heavy atom. The van der Waals surface area contributed by atoms with Crippen LogP contribution in [0.3, 0.4) is 0 Å². The van der Waals surface area contributed by atoms with Gasteiger partial charge in [0, 0.05) is 23.5 Å². The fraction of sp³-hybridized carbons (Fsp3) is 0.583. The van der Waals surface area contributed by atoms with Crippen molar-refractivity contribution in [3.63, 3.8) is 0 Å². The first-order chi connectivity index (χ1) is 7.15. The Balaban J connectivity index is 2.63. The van der Waals surface area contributed by atoms with Crippen LogP contribution in [0.4, 0.5) is 0 Å². The van der Waals surface area contributed by atoms with E-state index in [0.29, 0.717) is 18.5 Å². The molecule has 1 unspecified atom stereocenters. The molecule has 1 heterocycles. The molecular formula is C12H18N2S. The predicted molar refractivity (Wildman–Crippen MR) is 64.7 cm³/mol. The summed E-state index contributed by atoms with van der Waals surface area (Å²) in [4.78, 5) is 3.74. The largest absolute Gasteiger partial charge is 0.292 e. The molecule has 0 bridgehead atoms. The first-order valence-electron chi connectivity index (χ1n) is 5.30. The second-order valence-electron chi connectivity index (χ2n) is 4.06. The van der Waals surface area contributed by atoms with Gasteiger partial charge in [0.1, 0.15) is 0 Å². The molecule has 0 aliphatic rings. The number of rotatable bonds is 5. The van der Waals surface area contributed by atoms with Crippen LogP contribution >= 0.6 is 11.3 Å². The Morgan fingerprint density at radius 3 is 2.67 bits per heavy atom. The van der Waals surface area contributed by atoms with Gasteiger partial charge in [0.15, 0.2) is 0 Å². The van der Waals surface area contributed by atoms with Crippen molar-refractivity contribution >= 4 is 11.3 Å². The van der Waals surface area contributed by atoms with E-state index < -0.39 is 0 Å². The number of nitriles is 1. The van der Waals surface area contributed by atoms with Gasteiger partial charge in [0.25, 0.3) is 0 Å². The van der Waals surface area contributed by atoms with Gasteiger partial charge >= 0.3 is 0 Å². The first kappa shape index (κ1) is 12.2. The van der Waals surface area contributed by atoms with Crippen molar-refractivity contribution in [3.05, 3.63) is 22.4 Å². The summed E-state index contributed by atoms with van der Waals surface area (Å²) >= 11 is 1.78.